The first kappa shape index (κ1) is 11.0. The SMILES string of the molecule is Cn1c(-c2ccncn2)nnc1S(=O)(=O)Cl. The van der Waals surface area contributed by atoms with Crippen molar-refractivity contribution in [3.05, 3.63) is 18.6 Å². The zero-order valence-corrected chi connectivity index (χ0v) is 9.64. The van der Waals surface area contributed by atoms with Crippen LogP contribution < -0.4 is 0 Å². The summed E-state index contributed by atoms with van der Waals surface area (Å²) in [5.41, 5.74) is 0.469. The Bertz CT molecular complexity index is 609. The van der Waals surface area contributed by atoms with E-state index in [0.29, 0.717) is 11.5 Å². The molecule has 0 aliphatic heterocycles. The van der Waals surface area contributed by atoms with E-state index in [1.807, 2.05) is 0 Å². The number of nitrogens with zero attached hydrogens (tertiary/aromatic N) is 5. The molecule has 0 saturated carbocycles. The van der Waals surface area contributed by atoms with E-state index in [9.17, 15) is 8.42 Å². The fourth-order valence-corrected chi connectivity index (χ4v) is 2.13. The van der Waals surface area contributed by atoms with Gasteiger partial charge < -0.3 is 0 Å². The predicted molar refractivity (Wildman–Crippen MR) is 55.1 cm³/mol. The maximum Gasteiger partial charge on any atom is 0.296 e. The monoisotopic (exact) mass is 259 g/mol. The standard InChI is InChI=1S/C7H6ClN5O2S/c1-13-6(5-2-3-9-4-10-5)11-12-7(13)16(8,14)15/h2-4H,1H3. The summed E-state index contributed by atoms with van der Waals surface area (Å²) in [6, 6.07) is 1.59. The lowest BCUT2D eigenvalue weighted by molar-refractivity contribution is 0.593. The second-order valence-electron chi connectivity index (χ2n) is 2.90. The van der Waals surface area contributed by atoms with Crippen molar-refractivity contribution in [3.63, 3.8) is 0 Å². The normalized spacial score (nSPS) is 11.6. The first-order valence-electron chi connectivity index (χ1n) is 4.10. The summed E-state index contributed by atoms with van der Waals surface area (Å²) in [5, 5.41) is 6.89. The van der Waals surface area contributed by atoms with E-state index in [2.05, 4.69) is 20.2 Å². The van der Waals surface area contributed by atoms with Gasteiger partial charge in [-0.05, 0) is 6.07 Å². The first-order chi connectivity index (χ1) is 7.50. The lowest BCUT2D eigenvalue weighted by Gasteiger charge is -1.99. The molecule has 2 rings (SSSR count). The number of hydrogen-bond donors (Lipinski definition) is 0. The van der Waals surface area contributed by atoms with Crippen molar-refractivity contribution in [2.75, 3.05) is 0 Å². The molecule has 0 radical (unpaired) electrons. The second kappa shape index (κ2) is 3.80. The summed E-state index contributed by atoms with van der Waals surface area (Å²) >= 11 is 0. The summed E-state index contributed by atoms with van der Waals surface area (Å²) < 4.78 is 23.5. The zero-order valence-electron chi connectivity index (χ0n) is 8.07. The summed E-state index contributed by atoms with van der Waals surface area (Å²) in [6.45, 7) is 0. The van der Waals surface area contributed by atoms with Crippen LogP contribution in [0.3, 0.4) is 0 Å². The molecule has 84 valence electrons. The fourth-order valence-electron chi connectivity index (χ4n) is 1.17. The van der Waals surface area contributed by atoms with Gasteiger partial charge in [0.25, 0.3) is 14.2 Å². The van der Waals surface area contributed by atoms with Gasteiger partial charge in [0.1, 0.15) is 12.0 Å². The molecule has 0 aliphatic carbocycles. The number of rotatable bonds is 2. The lowest BCUT2D eigenvalue weighted by atomic mass is 10.4. The van der Waals surface area contributed by atoms with Crippen molar-refractivity contribution >= 4 is 19.7 Å². The summed E-state index contributed by atoms with van der Waals surface area (Å²) in [7, 11) is 2.77. The number of hydrogen-bond acceptors (Lipinski definition) is 6. The number of halogens is 1. The predicted octanol–water partition coefficient (Wildman–Crippen LogP) is 0.200. The fraction of sp³-hybridized carbons (Fsp3) is 0.143. The highest BCUT2D eigenvalue weighted by atomic mass is 35.7. The Morgan fingerprint density at radius 3 is 2.62 bits per heavy atom. The molecular weight excluding hydrogens is 254 g/mol. The van der Waals surface area contributed by atoms with Crippen LogP contribution in [0.1, 0.15) is 0 Å². The Morgan fingerprint density at radius 1 is 1.38 bits per heavy atom. The van der Waals surface area contributed by atoms with E-state index >= 15 is 0 Å². The van der Waals surface area contributed by atoms with Crippen molar-refractivity contribution < 1.29 is 8.42 Å². The molecule has 2 aromatic rings. The smallest absolute Gasteiger partial charge is 0.296 e. The lowest BCUT2D eigenvalue weighted by Crippen LogP contribution is -2.03. The Balaban J connectivity index is 2.59. The van der Waals surface area contributed by atoms with Crippen molar-refractivity contribution in [2.24, 2.45) is 7.05 Å². The Morgan fingerprint density at radius 2 is 2.12 bits per heavy atom. The third kappa shape index (κ3) is 1.89. The van der Waals surface area contributed by atoms with E-state index in [-0.39, 0.29) is 5.16 Å². The highest BCUT2D eigenvalue weighted by Crippen LogP contribution is 2.18. The van der Waals surface area contributed by atoms with Crippen LogP contribution in [0, 0.1) is 0 Å². The molecule has 16 heavy (non-hydrogen) atoms. The highest BCUT2D eigenvalue weighted by Gasteiger charge is 2.21. The zero-order chi connectivity index (χ0) is 11.8. The molecule has 0 bridgehead atoms. The Labute approximate surface area is 95.6 Å². The van der Waals surface area contributed by atoms with Crippen LogP contribution in [-0.4, -0.2) is 33.2 Å². The van der Waals surface area contributed by atoms with Gasteiger partial charge in [-0.25, -0.2) is 18.4 Å². The minimum Gasteiger partial charge on any atom is -0.299 e. The van der Waals surface area contributed by atoms with Crippen LogP contribution in [0.25, 0.3) is 11.5 Å². The van der Waals surface area contributed by atoms with E-state index in [0.717, 1.165) is 0 Å². The van der Waals surface area contributed by atoms with Gasteiger partial charge in [0.15, 0.2) is 5.82 Å². The molecule has 0 amide bonds. The molecule has 0 spiro atoms. The Kier molecular flexibility index (Phi) is 2.60. The summed E-state index contributed by atoms with van der Waals surface area (Å²) in [6.07, 6.45) is 2.85. The molecule has 2 heterocycles. The minimum atomic E-state index is -3.90. The molecule has 0 unspecified atom stereocenters. The van der Waals surface area contributed by atoms with Gasteiger partial charge >= 0.3 is 0 Å². The van der Waals surface area contributed by atoms with Crippen LogP contribution in [0.15, 0.2) is 23.7 Å². The van der Waals surface area contributed by atoms with E-state index in [1.165, 1.54) is 24.1 Å². The van der Waals surface area contributed by atoms with Crippen molar-refractivity contribution in [1.29, 1.82) is 0 Å². The molecule has 0 atom stereocenters. The van der Waals surface area contributed by atoms with Gasteiger partial charge in [0.2, 0.25) is 0 Å². The minimum absolute atomic E-state index is 0.307. The first-order valence-corrected chi connectivity index (χ1v) is 6.41. The highest BCUT2D eigenvalue weighted by molar-refractivity contribution is 8.13. The van der Waals surface area contributed by atoms with Crippen LogP contribution >= 0.6 is 10.7 Å². The van der Waals surface area contributed by atoms with Gasteiger partial charge in [-0.1, -0.05) is 0 Å². The molecule has 0 fully saturated rings. The average molecular weight is 260 g/mol. The van der Waals surface area contributed by atoms with Gasteiger partial charge in [0.05, 0.1) is 0 Å². The molecule has 0 saturated heterocycles. The molecule has 9 heteroatoms. The van der Waals surface area contributed by atoms with Gasteiger partial charge in [0, 0.05) is 23.9 Å². The third-order valence-corrected chi connectivity index (χ3v) is 3.07. The van der Waals surface area contributed by atoms with Crippen LogP contribution in [-0.2, 0) is 16.1 Å². The van der Waals surface area contributed by atoms with Gasteiger partial charge in [-0.2, -0.15) is 0 Å². The molecule has 0 aliphatic rings. The third-order valence-electron chi connectivity index (χ3n) is 1.86. The largest absolute Gasteiger partial charge is 0.299 e. The van der Waals surface area contributed by atoms with Crippen LogP contribution in [0.4, 0.5) is 0 Å². The molecular formula is C7H6ClN5O2S. The maximum absolute atomic E-state index is 11.1. The van der Waals surface area contributed by atoms with Crippen molar-refractivity contribution in [1.82, 2.24) is 24.7 Å². The van der Waals surface area contributed by atoms with Crippen molar-refractivity contribution in [2.45, 2.75) is 5.16 Å². The average Bonchev–Trinajstić information content (AvgIpc) is 2.61. The second-order valence-corrected chi connectivity index (χ2v) is 5.36. The van der Waals surface area contributed by atoms with Gasteiger partial charge in [-0.15, -0.1) is 10.2 Å². The maximum atomic E-state index is 11.1. The molecule has 7 nitrogen and oxygen atoms in total. The summed E-state index contributed by atoms with van der Waals surface area (Å²) in [5.74, 6) is 0.307. The topological polar surface area (TPSA) is 90.6 Å². The number of aromatic nitrogens is 5. The molecule has 0 aromatic carbocycles. The van der Waals surface area contributed by atoms with Gasteiger partial charge in [-0.3, -0.25) is 4.57 Å². The van der Waals surface area contributed by atoms with Crippen LogP contribution in [0.5, 0.6) is 0 Å². The van der Waals surface area contributed by atoms with Crippen molar-refractivity contribution in [3.8, 4) is 11.5 Å². The molecule has 2 aromatic heterocycles. The van der Waals surface area contributed by atoms with Crippen LogP contribution in [0.2, 0.25) is 0 Å². The summed E-state index contributed by atoms with van der Waals surface area (Å²) in [4.78, 5) is 7.68. The quantitative estimate of drug-likeness (QED) is 0.716. The van der Waals surface area contributed by atoms with E-state index in [4.69, 9.17) is 10.7 Å². The van der Waals surface area contributed by atoms with E-state index < -0.39 is 9.05 Å². The molecule has 0 N–H and O–H groups in total. The Hall–Kier alpha value is -1.54. The van der Waals surface area contributed by atoms with E-state index in [1.54, 1.807) is 6.07 Å².